The maximum Gasteiger partial charge on any atom is 0.341 e. The molecule has 0 saturated carbocycles. The molecule has 10 heteroatoms. The van der Waals surface area contributed by atoms with Crippen LogP contribution in [0, 0.1) is 20.8 Å². The largest absolute Gasteiger partial charge is 0.482 e. The van der Waals surface area contributed by atoms with Crippen molar-refractivity contribution in [2.45, 2.75) is 52.4 Å². The minimum absolute atomic E-state index is 0.127. The van der Waals surface area contributed by atoms with Crippen molar-refractivity contribution in [3.05, 3.63) is 51.7 Å². The maximum atomic E-state index is 12.6. The van der Waals surface area contributed by atoms with Crippen molar-refractivity contribution in [1.82, 2.24) is 14.8 Å². The highest BCUT2D eigenvalue weighted by Crippen LogP contribution is 2.33. The molecule has 0 aliphatic rings. The molecular formula is C23H28N4O4S2. The Balaban J connectivity index is 1.68. The minimum Gasteiger partial charge on any atom is -0.482 e. The van der Waals surface area contributed by atoms with Gasteiger partial charge in [-0.3, -0.25) is 4.79 Å². The van der Waals surface area contributed by atoms with Crippen LogP contribution in [0.3, 0.4) is 0 Å². The number of thioether (sulfide) groups is 1. The van der Waals surface area contributed by atoms with Gasteiger partial charge in [0.25, 0.3) is 0 Å². The smallest absolute Gasteiger partial charge is 0.341 e. The lowest BCUT2D eigenvalue weighted by atomic mass is 10.1. The molecule has 1 unspecified atom stereocenters. The molecule has 0 aliphatic carbocycles. The van der Waals surface area contributed by atoms with Crippen molar-refractivity contribution in [1.29, 1.82) is 0 Å². The normalized spacial score (nSPS) is 11.8. The topological polar surface area (TPSA) is 95.3 Å². The van der Waals surface area contributed by atoms with Gasteiger partial charge >= 0.3 is 5.97 Å². The molecule has 3 aromatic rings. The Labute approximate surface area is 201 Å². The SMILES string of the molecule is CCn1c(SCC(=O)Nc2sc(C)c(C)c2C(=O)OC)nnc1C(C)Oc1ccccc1C. The number of aryl methyl sites for hydroxylation is 2. The molecule has 0 fully saturated rings. The van der Waals surface area contributed by atoms with Gasteiger partial charge in [0.2, 0.25) is 5.91 Å². The van der Waals surface area contributed by atoms with Crippen molar-refractivity contribution < 1.29 is 19.1 Å². The number of carbonyl (C=O) groups is 2. The second-order valence-corrected chi connectivity index (χ2v) is 9.59. The summed E-state index contributed by atoms with van der Waals surface area (Å²) >= 11 is 2.65. The lowest BCUT2D eigenvalue weighted by molar-refractivity contribution is -0.113. The van der Waals surface area contributed by atoms with Crippen LogP contribution in [-0.4, -0.2) is 39.5 Å². The second-order valence-electron chi connectivity index (χ2n) is 7.43. The zero-order chi connectivity index (χ0) is 24.1. The number of nitrogens with one attached hydrogen (secondary N) is 1. The summed E-state index contributed by atoms with van der Waals surface area (Å²) in [5, 5.41) is 12.6. The van der Waals surface area contributed by atoms with Crippen LogP contribution in [0.2, 0.25) is 0 Å². The molecule has 176 valence electrons. The van der Waals surface area contributed by atoms with Crippen LogP contribution in [0.5, 0.6) is 5.75 Å². The molecule has 1 atom stereocenters. The molecule has 0 spiro atoms. The average molecular weight is 489 g/mol. The van der Waals surface area contributed by atoms with Gasteiger partial charge in [0.1, 0.15) is 10.8 Å². The molecule has 33 heavy (non-hydrogen) atoms. The van der Waals surface area contributed by atoms with E-state index in [1.54, 1.807) is 0 Å². The highest BCUT2D eigenvalue weighted by molar-refractivity contribution is 7.99. The summed E-state index contributed by atoms with van der Waals surface area (Å²) in [6, 6.07) is 7.82. The number of para-hydroxylation sites is 1. The van der Waals surface area contributed by atoms with E-state index in [1.807, 2.05) is 63.5 Å². The van der Waals surface area contributed by atoms with Crippen molar-refractivity contribution in [2.75, 3.05) is 18.2 Å². The number of methoxy groups -OCH3 is 1. The molecule has 3 rings (SSSR count). The Morgan fingerprint density at radius 2 is 1.94 bits per heavy atom. The number of hydrogen-bond donors (Lipinski definition) is 1. The fourth-order valence-corrected chi connectivity index (χ4v) is 5.17. The van der Waals surface area contributed by atoms with E-state index in [-0.39, 0.29) is 17.8 Å². The Bertz CT molecular complexity index is 1160. The Hall–Kier alpha value is -2.85. The molecule has 1 aromatic carbocycles. The number of amides is 1. The van der Waals surface area contributed by atoms with Gasteiger partial charge in [0.15, 0.2) is 17.1 Å². The highest BCUT2D eigenvalue weighted by Gasteiger charge is 2.23. The van der Waals surface area contributed by atoms with E-state index in [0.717, 1.165) is 21.8 Å². The average Bonchev–Trinajstić information content (AvgIpc) is 3.33. The summed E-state index contributed by atoms with van der Waals surface area (Å²) < 4.78 is 12.9. The number of esters is 1. The monoisotopic (exact) mass is 488 g/mol. The first-order valence-electron chi connectivity index (χ1n) is 10.5. The fourth-order valence-electron chi connectivity index (χ4n) is 3.29. The van der Waals surface area contributed by atoms with E-state index in [9.17, 15) is 9.59 Å². The molecule has 1 amide bonds. The Kier molecular flexibility index (Phi) is 8.15. The summed E-state index contributed by atoms with van der Waals surface area (Å²) in [7, 11) is 1.33. The summed E-state index contributed by atoms with van der Waals surface area (Å²) in [6.07, 6.45) is -0.304. The van der Waals surface area contributed by atoms with Crippen molar-refractivity contribution in [3.8, 4) is 5.75 Å². The molecule has 1 N–H and O–H groups in total. The third kappa shape index (κ3) is 5.56. The third-order valence-electron chi connectivity index (χ3n) is 5.18. The van der Waals surface area contributed by atoms with E-state index in [2.05, 4.69) is 15.5 Å². The van der Waals surface area contributed by atoms with Gasteiger partial charge in [-0.25, -0.2) is 4.79 Å². The van der Waals surface area contributed by atoms with E-state index in [4.69, 9.17) is 9.47 Å². The molecule has 2 aromatic heterocycles. The molecule has 0 aliphatic heterocycles. The van der Waals surface area contributed by atoms with Crippen LogP contribution in [0.1, 0.15) is 52.1 Å². The summed E-state index contributed by atoms with van der Waals surface area (Å²) in [4.78, 5) is 25.7. The van der Waals surface area contributed by atoms with Crippen LogP contribution in [0.4, 0.5) is 5.00 Å². The van der Waals surface area contributed by atoms with Gasteiger partial charge < -0.3 is 19.4 Å². The van der Waals surface area contributed by atoms with Gasteiger partial charge in [-0.2, -0.15) is 0 Å². The lowest BCUT2D eigenvalue weighted by Gasteiger charge is -2.17. The molecule has 0 radical (unpaired) electrons. The van der Waals surface area contributed by atoms with Gasteiger partial charge in [0, 0.05) is 11.4 Å². The molecule has 2 heterocycles. The first-order valence-corrected chi connectivity index (χ1v) is 12.3. The van der Waals surface area contributed by atoms with Gasteiger partial charge in [-0.1, -0.05) is 30.0 Å². The molecule has 0 bridgehead atoms. The first-order chi connectivity index (χ1) is 15.8. The minimum atomic E-state index is -0.460. The predicted molar refractivity (Wildman–Crippen MR) is 130 cm³/mol. The third-order valence-corrected chi connectivity index (χ3v) is 7.27. The number of nitrogens with zero attached hydrogens (tertiary/aromatic N) is 3. The molecule has 8 nitrogen and oxygen atoms in total. The Morgan fingerprint density at radius 1 is 1.21 bits per heavy atom. The zero-order valence-electron chi connectivity index (χ0n) is 19.6. The first kappa shape index (κ1) is 24.8. The number of thiophene rings is 1. The number of ether oxygens (including phenoxy) is 2. The quantitative estimate of drug-likeness (QED) is 0.337. The second kappa shape index (κ2) is 10.8. The number of hydrogen-bond acceptors (Lipinski definition) is 8. The van der Waals surface area contributed by atoms with E-state index >= 15 is 0 Å². The van der Waals surface area contributed by atoms with Gasteiger partial charge in [-0.15, -0.1) is 21.5 Å². The number of rotatable bonds is 9. The van der Waals surface area contributed by atoms with E-state index in [0.29, 0.717) is 28.1 Å². The summed E-state index contributed by atoms with van der Waals surface area (Å²) in [5.74, 6) is 0.927. The molecular weight excluding hydrogens is 460 g/mol. The van der Waals surface area contributed by atoms with Crippen molar-refractivity contribution >= 4 is 40.0 Å². The van der Waals surface area contributed by atoms with Gasteiger partial charge in [0.05, 0.1) is 18.4 Å². The van der Waals surface area contributed by atoms with E-state index in [1.165, 1.54) is 30.2 Å². The van der Waals surface area contributed by atoms with Crippen LogP contribution in [0.15, 0.2) is 29.4 Å². The van der Waals surface area contributed by atoms with Crippen LogP contribution in [0.25, 0.3) is 0 Å². The van der Waals surface area contributed by atoms with Crippen LogP contribution >= 0.6 is 23.1 Å². The standard InChI is InChI=1S/C23H28N4O4S2/c1-7-27-20(15(4)31-17-11-9-8-10-13(17)2)25-26-23(27)32-12-18(28)24-21-19(22(29)30-6)14(3)16(5)33-21/h8-11,15H,7,12H2,1-6H3,(H,24,28). The molecule has 0 saturated heterocycles. The highest BCUT2D eigenvalue weighted by atomic mass is 32.2. The fraction of sp³-hybridized carbons (Fsp3) is 0.391. The number of benzene rings is 1. The number of carbonyl (C=O) groups excluding carboxylic acids is 2. The Morgan fingerprint density at radius 3 is 2.61 bits per heavy atom. The number of anilines is 1. The number of aromatic nitrogens is 3. The predicted octanol–water partition coefficient (Wildman–Crippen LogP) is 4.94. The maximum absolute atomic E-state index is 12.6. The van der Waals surface area contributed by atoms with Crippen molar-refractivity contribution in [2.24, 2.45) is 0 Å². The van der Waals surface area contributed by atoms with Crippen LogP contribution < -0.4 is 10.1 Å². The van der Waals surface area contributed by atoms with Crippen molar-refractivity contribution in [3.63, 3.8) is 0 Å². The zero-order valence-corrected chi connectivity index (χ0v) is 21.2. The lowest BCUT2D eigenvalue weighted by Crippen LogP contribution is -2.17. The summed E-state index contributed by atoms with van der Waals surface area (Å²) in [6.45, 7) is 10.3. The van der Waals surface area contributed by atoms with E-state index < -0.39 is 5.97 Å². The summed E-state index contributed by atoms with van der Waals surface area (Å²) in [5.41, 5.74) is 2.26. The van der Waals surface area contributed by atoms with Gasteiger partial charge in [-0.05, 0) is 51.8 Å². The van der Waals surface area contributed by atoms with Crippen LogP contribution in [-0.2, 0) is 16.1 Å².